The van der Waals surface area contributed by atoms with E-state index in [2.05, 4.69) is 9.88 Å². The number of nitrogens with zero attached hydrogens (tertiary/aromatic N) is 2. The first-order valence-corrected chi connectivity index (χ1v) is 9.57. The second kappa shape index (κ2) is 7.91. The molecule has 0 saturated carbocycles. The Hall–Kier alpha value is -3.80. The molecule has 1 amide bonds. The molecule has 4 rings (SSSR count). The lowest BCUT2D eigenvalue weighted by Gasteiger charge is -2.13. The summed E-state index contributed by atoms with van der Waals surface area (Å²) in [4.78, 5) is 17.5. The molecule has 0 aliphatic carbocycles. The highest BCUT2D eigenvalue weighted by atomic mass is 16.5. The molecular weight excluding hydrogens is 378 g/mol. The van der Waals surface area contributed by atoms with Gasteiger partial charge in [-0.15, -0.1) is 0 Å². The number of carbonyl (C=O) groups excluding carboxylic acids is 1. The van der Waals surface area contributed by atoms with Crippen LogP contribution in [0.2, 0.25) is 0 Å². The van der Waals surface area contributed by atoms with E-state index in [1.807, 2.05) is 62.5 Å². The molecule has 0 saturated heterocycles. The van der Waals surface area contributed by atoms with Crippen molar-refractivity contribution in [3.63, 3.8) is 0 Å². The summed E-state index contributed by atoms with van der Waals surface area (Å²) in [5, 5.41) is 2.92. The minimum Gasteiger partial charge on any atom is -0.496 e. The number of hydrogen-bond acceptors (Lipinski definition) is 4. The molecule has 30 heavy (non-hydrogen) atoms. The normalized spacial score (nSPS) is 10.8. The van der Waals surface area contributed by atoms with E-state index in [1.54, 1.807) is 26.4 Å². The van der Waals surface area contributed by atoms with Crippen molar-refractivity contribution in [3.05, 3.63) is 71.8 Å². The van der Waals surface area contributed by atoms with E-state index in [9.17, 15) is 4.79 Å². The Labute approximate surface area is 175 Å². The van der Waals surface area contributed by atoms with Crippen LogP contribution in [0.1, 0.15) is 15.9 Å². The van der Waals surface area contributed by atoms with Gasteiger partial charge in [-0.1, -0.05) is 12.1 Å². The molecule has 152 valence electrons. The van der Waals surface area contributed by atoms with Gasteiger partial charge in [-0.2, -0.15) is 0 Å². The Bertz CT molecular complexity index is 1200. The first-order valence-electron chi connectivity index (χ1n) is 9.57. The third-order valence-electron chi connectivity index (χ3n) is 5.20. The van der Waals surface area contributed by atoms with Crippen LogP contribution < -0.4 is 14.8 Å². The number of benzene rings is 3. The quantitative estimate of drug-likeness (QED) is 0.521. The van der Waals surface area contributed by atoms with Gasteiger partial charge in [0, 0.05) is 29.4 Å². The highest BCUT2D eigenvalue weighted by molar-refractivity contribution is 6.05. The van der Waals surface area contributed by atoms with E-state index in [1.165, 1.54) is 0 Å². The van der Waals surface area contributed by atoms with E-state index < -0.39 is 0 Å². The van der Waals surface area contributed by atoms with Crippen LogP contribution in [-0.2, 0) is 7.05 Å². The summed E-state index contributed by atoms with van der Waals surface area (Å²) < 4.78 is 12.8. The highest BCUT2D eigenvalue weighted by Gasteiger charge is 2.14. The first kappa shape index (κ1) is 19.5. The van der Waals surface area contributed by atoms with Crippen molar-refractivity contribution in [2.24, 2.45) is 7.05 Å². The molecule has 0 spiro atoms. The van der Waals surface area contributed by atoms with Gasteiger partial charge in [-0.25, -0.2) is 4.98 Å². The fourth-order valence-corrected chi connectivity index (χ4v) is 3.53. The topological polar surface area (TPSA) is 65.4 Å². The number of aromatic nitrogens is 2. The molecule has 3 aromatic carbocycles. The number of aryl methyl sites for hydroxylation is 1. The number of ether oxygens (including phenoxy) is 2. The van der Waals surface area contributed by atoms with Crippen molar-refractivity contribution < 1.29 is 14.3 Å². The third kappa shape index (κ3) is 3.48. The molecule has 0 bridgehead atoms. The van der Waals surface area contributed by atoms with Crippen LogP contribution in [0.4, 0.5) is 5.69 Å². The van der Waals surface area contributed by atoms with Gasteiger partial charge in [0.05, 0.1) is 25.3 Å². The molecule has 4 aromatic rings. The number of amides is 1. The largest absolute Gasteiger partial charge is 0.496 e. The SMILES string of the molecule is COc1cc(C(=O)Nc2ccc(-c3nc4ccccc4n3C)cc2)cc(OC)c1C. The smallest absolute Gasteiger partial charge is 0.255 e. The van der Waals surface area contributed by atoms with Gasteiger partial charge >= 0.3 is 0 Å². The molecular formula is C24H23N3O3. The van der Waals surface area contributed by atoms with E-state index in [-0.39, 0.29) is 5.91 Å². The van der Waals surface area contributed by atoms with E-state index in [4.69, 9.17) is 14.5 Å². The third-order valence-corrected chi connectivity index (χ3v) is 5.20. The second-order valence-electron chi connectivity index (χ2n) is 7.02. The monoisotopic (exact) mass is 401 g/mol. The molecule has 0 radical (unpaired) electrons. The van der Waals surface area contributed by atoms with Crippen molar-refractivity contribution in [2.45, 2.75) is 6.92 Å². The van der Waals surface area contributed by atoms with Gasteiger partial charge in [-0.05, 0) is 55.5 Å². The zero-order valence-electron chi connectivity index (χ0n) is 17.4. The Balaban J connectivity index is 1.58. The number of para-hydroxylation sites is 2. The lowest BCUT2D eigenvalue weighted by Crippen LogP contribution is -2.12. The zero-order chi connectivity index (χ0) is 21.3. The van der Waals surface area contributed by atoms with Crippen LogP contribution in [0.25, 0.3) is 22.4 Å². The fraction of sp³-hybridized carbons (Fsp3) is 0.167. The Morgan fingerprint density at radius 1 is 0.967 bits per heavy atom. The molecule has 1 N–H and O–H groups in total. The zero-order valence-corrected chi connectivity index (χ0v) is 17.4. The Kier molecular flexibility index (Phi) is 5.14. The van der Waals surface area contributed by atoms with Crippen molar-refractivity contribution in [1.29, 1.82) is 0 Å². The number of anilines is 1. The summed E-state index contributed by atoms with van der Waals surface area (Å²) in [7, 11) is 5.14. The van der Waals surface area contributed by atoms with Crippen molar-refractivity contribution >= 4 is 22.6 Å². The summed E-state index contributed by atoms with van der Waals surface area (Å²) in [5.41, 5.74) is 5.02. The van der Waals surface area contributed by atoms with Crippen LogP contribution in [0.5, 0.6) is 11.5 Å². The summed E-state index contributed by atoms with van der Waals surface area (Å²) in [6, 6.07) is 19.1. The molecule has 0 fully saturated rings. The number of fused-ring (bicyclic) bond motifs is 1. The van der Waals surface area contributed by atoms with Crippen LogP contribution in [0.15, 0.2) is 60.7 Å². The average Bonchev–Trinajstić information content (AvgIpc) is 3.11. The van der Waals surface area contributed by atoms with Gasteiger partial charge in [0.1, 0.15) is 17.3 Å². The number of nitrogens with one attached hydrogen (secondary N) is 1. The molecule has 0 unspecified atom stereocenters. The minimum atomic E-state index is -0.234. The lowest BCUT2D eigenvalue weighted by atomic mass is 10.1. The molecule has 6 nitrogen and oxygen atoms in total. The molecule has 1 aromatic heterocycles. The maximum absolute atomic E-state index is 12.7. The van der Waals surface area contributed by atoms with E-state index >= 15 is 0 Å². The van der Waals surface area contributed by atoms with Crippen molar-refractivity contribution in [2.75, 3.05) is 19.5 Å². The van der Waals surface area contributed by atoms with Gasteiger partial charge in [0.25, 0.3) is 5.91 Å². The first-order chi connectivity index (χ1) is 14.5. The molecule has 0 aliphatic heterocycles. The number of hydrogen-bond donors (Lipinski definition) is 1. The molecule has 0 aliphatic rings. The predicted molar refractivity (Wildman–Crippen MR) is 118 cm³/mol. The maximum Gasteiger partial charge on any atom is 0.255 e. The second-order valence-corrected chi connectivity index (χ2v) is 7.02. The van der Waals surface area contributed by atoms with Gasteiger partial charge in [0.15, 0.2) is 0 Å². The van der Waals surface area contributed by atoms with Crippen LogP contribution in [0.3, 0.4) is 0 Å². The van der Waals surface area contributed by atoms with Crippen LogP contribution >= 0.6 is 0 Å². The van der Waals surface area contributed by atoms with Crippen molar-refractivity contribution in [1.82, 2.24) is 9.55 Å². The lowest BCUT2D eigenvalue weighted by molar-refractivity contribution is 0.102. The highest BCUT2D eigenvalue weighted by Crippen LogP contribution is 2.30. The summed E-state index contributed by atoms with van der Waals surface area (Å²) in [5.74, 6) is 1.86. The van der Waals surface area contributed by atoms with Gasteiger partial charge < -0.3 is 19.4 Å². The fourth-order valence-electron chi connectivity index (χ4n) is 3.53. The Morgan fingerprint density at radius 3 is 2.20 bits per heavy atom. The van der Waals surface area contributed by atoms with E-state index in [0.29, 0.717) is 22.7 Å². The van der Waals surface area contributed by atoms with Gasteiger partial charge in [-0.3, -0.25) is 4.79 Å². The Morgan fingerprint density at radius 2 is 1.60 bits per heavy atom. The summed E-state index contributed by atoms with van der Waals surface area (Å²) >= 11 is 0. The molecule has 6 heteroatoms. The van der Waals surface area contributed by atoms with Crippen LogP contribution in [-0.4, -0.2) is 29.7 Å². The summed E-state index contributed by atoms with van der Waals surface area (Å²) in [6.07, 6.45) is 0. The molecule has 1 heterocycles. The summed E-state index contributed by atoms with van der Waals surface area (Å²) in [6.45, 7) is 1.89. The van der Waals surface area contributed by atoms with Gasteiger partial charge in [0.2, 0.25) is 0 Å². The number of imidazole rings is 1. The number of rotatable bonds is 5. The van der Waals surface area contributed by atoms with Crippen molar-refractivity contribution in [3.8, 4) is 22.9 Å². The number of carbonyl (C=O) groups is 1. The maximum atomic E-state index is 12.7. The average molecular weight is 401 g/mol. The van der Waals surface area contributed by atoms with Crippen LogP contribution in [0, 0.1) is 6.92 Å². The van der Waals surface area contributed by atoms with E-state index in [0.717, 1.165) is 28.0 Å². The number of methoxy groups -OCH3 is 2. The molecule has 0 atom stereocenters. The minimum absolute atomic E-state index is 0.234. The standard InChI is InChI=1S/C24H23N3O3/c1-15-21(29-3)13-17(14-22(15)30-4)24(28)25-18-11-9-16(10-12-18)23-26-19-7-5-6-8-20(19)27(23)2/h5-14H,1-4H3,(H,25,28). The predicted octanol–water partition coefficient (Wildman–Crippen LogP) is 4.82.